The lowest BCUT2D eigenvalue weighted by Gasteiger charge is -2.27. The maximum atomic E-state index is 11.8. The van der Waals surface area contributed by atoms with E-state index in [0.29, 0.717) is 5.78 Å². The molecule has 0 aromatic carbocycles. The summed E-state index contributed by atoms with van der Waals surface area (Å²) in [7, 11) is 0. The molecule has 2 heteroatoms. The van der Waals surface area contributed by atoms with Crippen molar-refractivity contribution in [2.75, 3.05) is 13.1 Å². The van der Waals surface area contributed by atoms with Gasteiger partial charge in [-0.05, 0) is 19.4 Å². The molecule has 0 unspecified atom stereocenters. The summed E-state index contributed by atoms with van der Waals surface area (Å²) < 4.78 is 0. The second-order valence-electron chi connectivity index (χ2n) is 4.66. The van der Waals surface area contributed by atoms with Crippen molar-refractivity contribution < 1.29 is 4.79 Å². The largest absolute Gasteiger partial charge is 0.316 e. The fraction of sp³-hybridized carbons (Fsp3) is 0.900. The number of carbonyl (C=O) groups is 1. The Labute approximate surface area is 74.7 Å². The highest BCUT2D eigenvalue weighted by molar-refractivity contribution is 5.86. The van der Waals surface area contributed by atoms with E-state index < -0.39 is 0 Å². The quantitative estimate of drug-likeness (QED) is 0.646. The van der Waals surface area contributed by atoms with Gasteiger partial charge in [0.2, 0.25) is 0 Å². The third kappa shape index (κ3) is 2.31. The van der Waals surface area contributed by atoms with E-state index in [0.717, 1.165) is 25.9 Å². The van der Waals surface area contributed by atoms with Gasteiger partial charge in [0.05, 0.1) is 0 Å². The van der Waals surface area contributed by atoms with Crippen LogP contribution in [0.2, 0.25) is 0 Å². The van der Waals surface area contributed by atoms with Crippen LogP contribution in [0, 0.1) is 11.3 Å². The summed E-state index contributed by atoms with van der Waals surface area (Å²) in [6.07, 6.45) is 2.22. The van der Waals surface area contributed by atoms with Crippen molar-refractivity contribution in [3.05, 3.63) is 0 Å². The molecule has 1 N–H and O–H groups in total. The Morgan fingerprint density at radius 2 is 2.08 bits per heavy atom. The molecule has 1 atom stereocenters. The molecule has 1 aliphatic rings. The Morgan fingerprint density at radius 3 is 2.50 bits per heavy atom. The van der Waals surface area contributed by atoms with Gasteiger partial charge in [0, 0.05) is 17.9 Å². The first-order valence-corrected chi connectivity index (χ1v) is 4.77. The lowest BCUT2D eigenvalue weighted by atomic mass is 9.80. The third-order valence-corrected chi connectivity index (χ3v) is 2.41. The first-order valence-electron chi connectivity index (χ1n) is 4.77. The molecule has 0 saturated carbocycles. The van der Waals surface area contributed by atoms with Gasteiger partial charge in [0.15, 0.2) is 0 Å². The lowest BCUT2D eigenvalue weighted by molar-refractivity contribution is -0.130. The van der Waals surface area contributed by atoms with E-state index in [1.807, 2.05) is 20.8 Å². The Hall–Kier alpha value is -0.370. The van der Waals surface area contributed by atoms with Crippen molar-refractivity contribution in [1.29, 1.82) is 0 Å². The number of carbonyl (C=O) groups excluding carboxylic acids is 1. The molecule has 12 heavy (non-hydrogen) atoms. The maximum absolute atomic E-state index is 11.8. The van der Waals surface area contributed by atoms with Crippen LogP contribution in [0.25, 0.3) is 0 Å². The summed E-state index contributed by atoms with van der Waals surface area (Å²) in [4.78, 5) is 11.8. The molecule has 0 radical (unpaired) electrons. The van der Waals surface area contributed by atoms with Crippen molar-refractivity contribution in [3.63, 3.8) is 0 Å². The number of hydrogen-bond acceptors (Lipinski definition) is 2. The monoisotopic (exact) mass is 169 g/mol. The fourth-order valence-electron chi connectivity index (χ4n) is 1.69. The molecule has 1 heterocycles. The third-order valence-electron chi connectivity index (χ3n) is 2.41. The van der Waals surface area contributed by atoms with Crippen LogP contribution in [0.15, 0.2) is 0 Å². The molecule has 1 aliphatic heterocycles. The smallest absolute Gasteiger partial charge is 0.142 e. The molecule has 0 aromatic rings. The van der Waals surface area contributed by atoms with Gasteiger partial charge >= 0.3 is 0 Å². The number of ketones is 1. The first-order chi connectivity index (χ1) is 5.52. The van der Waals surface area contributed by atoms with Gasteiger partial charge in [-0.2, -0.15) is 0 Å². The number of nitrogens with one attached hydrogen (secondary N) is 1. The second-order valence-corrected chi connectivity index (χ2v) is 4.66. The predicted octanol–water partition coefficient (Wildman–Crippen LogP) is 1.60. The Kier molecular flexibility index (Phi) is 2.89. The van der Waals surface area contributed by atoms with Gasteiger partial charge in [-0.3, -0.25) is 4.79 Å². The summed E-state index contributed by atoms with van der Waals surface area (Å²) in [5.74, 6) is 0.674. The highest BCUT2D eigenvalue weighted by Crippen LogP contribution is 2.23. The van der Waals surface area contributed by atoms with E-state index in [-0.39, 0.29) is 11.3 Å². The molecule has 1 rings (SSSR count). The molecule has 0 amide bonds. The molecule has 1 saturated heterocycles. The van der Waals surface area contributed by atoms with E-state index in [2.05, 4.69) is 5.32 Å². The predicted molar refractivity (Wildman–Crippen MR) is 50.1 cm³/mol. The molecular formula is C10H19NO. The second kappa shape index (κ2) is 3.56. The van der Waals surface area contributed by atoms with Gasteiger partial charge in [0.1, 0.15) is 5.78 Å². The lowest BCUT2D eigenvalue weighted by Crippen LogP contribution is -2.39. The molecule has 0 spiro atoms. The van der Waals surface area contributed by atoms with E-state index in [4.69, 9.17) is 0 Å². The Balaban J connectivity index is 2.51. The van der Waals surface area contributed by atoms with Gasteiger partial charge in [0.25, 0.3) is 0 Å². The molecule has 70 valence electrons. The summed E-state index contributed by atoms with van der Waals surface area (Å²) in [5, 5.41) is 3.27. The topological polar surface area (TPSA) is 29.1 Å². The summed E-state index contributed by atoms with van der Waals surface area (Å²) >= 11 is 0. The molecule has 0 bridgehead atoms. The van der Waals surface area contributed by atoms with Crippen LogP contribution < -0.4 is 5.32 Å². The first kappa shape index (κ1) is 9.72. The molecule has 0 aromatic heterocycles. The standard InChI is InChI=1S/C10H19NO/c1-10(2,3)9(12)8-5-4-6-11-7-8/h8,11H,4-7H2,1-3H3/t8-/m0/s1. The van der Waals surface area contributed by atoms with Crippen molar-refractivity contribution in [2.45, 2.75) is 33.6 Å². The van der Waals surface area contributed by atoms with Crippen LogP contribution in [0.4, 0.5) is 0 Å². The van der Waals surface area contributed by atoms with Crippen LogP contribution >= 0.6 is 0 Å². The van der Waals surface area contributed by atoms with Gasteiger partial charge in [-0.15, -0.1) is 0 Å². The zero-order chi connectivity index (χ0) is 9.19. The zero-order valence-corrected chi connectivity index (χ0v) is 8.31. The van der Waals surface area contributed by atoms with Gasteiger partial charge < -0.3 is 5.32 Å². The molecule has 2 nitrogen and oxygen atoms in total. The SMILES string of the molecule is CC(C)(C)C(=O)[C@H]1CCCNC1. The number of rotatable bonds is 1. The van der Waals surface area contributed by atoms with Crippen molar-refractivity contribution >= 4 is 5.78 Å². The number of piperidine rings is 1. The van der Waals surface area contributed by atoms with Gasteiger partial charge in [-0.25, -0.2) is 0 Å². The van der Waals surface area contributed by atoms with Crippen molar-refractivity contribution in [1.82, 2.24) is 5.32 Å². The highest BCUT2D eigenvalue weighted by Gasteiger charge is 2.29. The minimum Gasteiger partial charge on any atom is -0.316 e. The summed E-state index contributed by atoms with van der Waals surface area (Å²) in [5.41, 5.74) is -0.163. The Morgan fingerprint density at radius 1 is 1.42 bits per heavy atom. The van der Waals surface area contributed by atoms with Crippen LogP contribution in [-0.4, -0.2) is 18.9 Å². The van der Waals surface area contributed by atoms with E-state index in [9.17, 15) is 4.79 Å². The van der Waals surface area contributed by atoms with E-state index in [1.165, 1.54) is 0 Å². The minimum absolute atomic E-state index is 0.163. The van der Waals surface area contributed by atoms with Crippen LogP contribution in [0.3, 0.4) is 0 Å². The van der Waals surface area contributed by atoms with Crippen molar-refractivity contribution in [3.8, 4) is 0 Å². The average Bonchev–Trinajstić information content (AvgIpc) is 2.03. The normalized spacial score (nSPS) is 25.4. The zero-order valence-electron chi connectivity index (χ0n) is 8.31. The Bertz CT molecular complexity index is 163. The average molecular weight is 169 g/mol. The fourth-order valence-corrected chi connectivity index (χ4v) is 1.69. The number of hydrogen-bond donors (Lipinski definition) is 1. The van der Waals surface area contributed by atoms with E-state index in [1.54, 1.807) is 0 Å². The highest BCUT2D eigenvalue weighted by atomic mass is 16.1. The maximum Gasteiger partial charge on any atom is 0.142 e. The van der Waals surface area contributed by atoms with Crippen molar-refractivity contribution in [2.24, 2.45) is 11.3 Å². The van der Waals surface area contributed by atoms with E-state index >= 15 is 0 Å². The molecule has 0 aliphatic carbocycles. The van der Waals surface area contributed by atoms with Crippen LogP contribution in [0.1, 0.15) is 33.6 Å². The van der Waals surface area contributed by atoms with Crippen LogP contribution in [-0.2, 0) is 4.79 Å². The minimum atomic E-state index is -0.163. The van der Waals surface area contributed by atoms with Crippen LogP contribution in [0.5, 0.6) is 0 Å². The molecule has 1 fully saturated rings. The molecular weight excluding hydrogens is 150 g/mol. The summed E-state index contributed by atoms with van der Waals surface area (Å²) in [6.45, 7) is 7.97. The summed E-state index contributed by atoms with van der Waals surface area (Å²) in [6, 6.07) is 0. The number of Topliss-reactive ketones (excluding diaryl/α,β-unsaturated/α-hetero) is 1. The van der Waals surface area contributed by atoms with Gasteiger partial charge in [-0.1, -0.05) is 20.8 Å².